The summed E-state index contributed by atoms with van der Waals surface area (Å²) in [6.07, 6.45) is 0.0774. The first kappa shape index (κ1) is 32.3. The third kappa shape index (κ3) is 10.3. The number of ether oxygens (including phenoxy) is 1. The van der Waals surface area contributed by atoms with Crippen LogP contribution in [0.2, 0.25) is 0 Å². The predicted octanol–water partition coefficient (Wildman–Crippen LogP) is 5.14. The van der Waals surface area contributed by atoms with E-state index in [1.807, 2.05) is 68.4 Å². The van der Waals surface area contributed by atoms with Crippen molar-refractivity contribution < 1.29 is 23.1 Å². The fourth-order valence-corrected chi connectivity index (χ4v) is 5.40. The molecule has 0 saturated heterocycles. The van der Waals surface area contributed by atoms with Gasteiger partial charge >= 0.3 is 0 Å². The van der Waals surface area contributed by atoms with Gasteiger partial charge in [0.25, 0.3) is 5.91 Å². The van der Waals surface area contributed by atoms with E-state index in [0.29, 0.717) is 12.3 Å². The maximum Gasteiger partial charge on any atom is 0.268 e. The van der Waals surface area contributed by atoms with Gasteiger partial charge in [0.1, 0.15) is 5.75 Å². The Kier molecular flexibility index (Phi) is 12.4. The number of rotatable bonds is 13. The molecule has 212 valence electrons. The van der Waals surface area contributed by atoms with Crippen LogP contribution in [-0.2, 0) is 16.4 Å². The molecule has 0 aliphatic carbocycles. The molecule has 0 bridgehead atoms. The van der Waals surface area contributed by atoms with Crippen LogP contribution in [0.15, 0.2) is 72.8 Å². The van der Waals surface area contributed by atoms with Crippen molar-refractivity contribution in [2.24, 2.45) is 5.92 Å². The summed E-state index contributed by atoms with van der Waals surface area (Å²) in [7, 11) is -3.74. The Labute approximate surface area is 238 Å². The quantitative estimate of drug-likeness (QED) is 0.244. The molecule has 0 unspecified atom stereocenters. The Hall–Kier alpha value is -2.91. The summed E-state index contributed by atoms with van der Waals surface area (Å²) >= 11 is 0. The molecule has 0 aliphatic heterocycles. The van der Waals surface area contributed by atoms with Gasteiger partial charge in [-0.25, -0.2) is 13.1 Å². The van der Waals surface area contributed by atoms with Crippen LogP contribution >= 0.6 is 12.4 Å². The van der Waals surface area contributed by atoms with E-state index in [4.69, 9.17) is 4.74 Å². The van der Waals surface area contributed by atoms with Crippen molar-refractivity contribution in [1.29, 1.82) is 0 Å². The number of carbonyl (C=O) groups is 1. The van der Waals surface area contributed by atoms with Crippen LogP contribution in [0.1, 0.15) is 55.3 Å². The van der Waals surface area contributed by atoms with Crippen molar-refractivity contribution in [2.75, 3.05) is 18.8 Å². The minimum absolute atomic E-state index is 0. The molecule has 7 nitrogen and oxygen atoms in total. The lowest BCUT2D eigenvalue weighted by atomic mass is 10.0. The van der Waals surface area contributed by atoms with Crippen LogP contribution in [-0.4, -0.2) is 44.4 Å². The zero-order valence-electron chi connectivity index (χ0n) is 22.9. The molecule has 3 aromatic carbocycles. The van der Waals surface area contributed by atoms with Crippen LogP contribution in [0.4, 0.5) is 0 Å². The minimum atomic E-state index is -3.74. The van der Waals surface area contributed by atoms with E-state index in [2.05, 4.69) is 10.0 Å². The third-order valence-corrected chi connectivity index (χ3v) is 7.39. The topological polar surface area (TPSA) is 105 Å². The normalized spacial score (nSPS) is 12.2. The van der Waals surface area contributed by atoms with Crippen LogP contribution in [0.3, 0.4) is 0 Å². The number of hydrogen-bond donors (Lipinski definition) is 3. The fraction of sp³-hybridized carbons (Fsp3) is 0.367. The lowest BCUT2D eigenvalue weighted by Crippen LogP contribution is -2.34. The van der Waals surface area contributed by atoms with E-state index in [1.165, 1.54) is 0 Å². The van der Waals surface area contributed by atoms with Crippen molar-refractivity contribution >= 4 is 28.3 Å². The minimum Gasteiger partial charge on any atom is -0.490 e. The smallest absolute Gasteiger partial charge is 0.268 e. The Morgan fingerprint density at radius 1 is 0.923 bits per heavy atom. The number of aliphatic hydroxyl groups excluding tert-OH is 1. The summed E-state index contributed by atoms with van der Waals surface area (Å²) < 4.78 is 32.6. The molecule has 3 rings (SSSR count). The summed E-state index contributed by atoms with van der Waals surface area (Å²) in [5.74, 6) is -0.603. The van der Waals surface area contributed by atoms with E-state index in [-0.39, 0.29) is 35.7 Å². The second-order valence-electron chi connectivity index (χ2n) is 10.1. The van der Waals surface area contributed by atoms with Crippen molar-refractivity contribution in [1.82, 2.24) is 10.0 Å². The van der Waals surface area contributed by atoms with Crippen LogP contribution < -0.4 is 14.8 Å². The lowest BCUT2D eigenvalue weighted by molar-refractivity contribution is 0.0975. The molecule has 39 heavy (non-hydrogen) atoms. The molecule has 0 aromatic heterocycles. The van der Waals surface area contributed by atoms with Gasteiger partial charge in [0, 0.05) is 6.54 Å². The summed E-state index contributed by atoms with van der Waals surface area (Å²) in [5, 5.41) is 13.6. The molecule has 3 N–H and O–H groups in total. The number of benzene rings is 3. The standard InChI is InChI=1S/C30H38N2O5S.ClH/c1-21(2)20-38(35,36)32-30(34)27-15-14-26(18-29(27)37-22(3)4)24-12-10-23(11-13-24)16-17-31-19-28(33)25-8-6-5-7-9-25;/h5-15,18,21-22,28,31,33H,16-17,19-20H2,1-4H3,(H,32,34);1H/t28-;/m0./s1. The maximum atomic E-state index is 12.8. The number of halogens is 1. The van der Waals surface area contributed by atoms with Crippen molar-refractivity contribution in [3.8, 4) is 16.9 Å². The fourth-order valence-electron chi connectivity index (χ4n) is 4.05. The number of carbonyl (C=O) groups excluding carboxylic acids is 1. The first-order valence-corrected chi connectivity index (χ1v) is 14.6. The molecule has 1 amide bonds. The molecule has 0 fully saturated rings. The van der Waals surface area contributed by atoms with Crippen molar-refractivity contribution in [3.05, 3.63) is 89.5 Å². The molecule has 0 heterocycles. The van der Waals surface area contributed by atoms with Crippen LogP contribution in [0.25, 0.3) is 11.1 Å². The first-order chi connectivity index (χ1) is 18.0. The van der Waals surface area contributed by atoms with Gasteiger partial charge in [0.15, 0.2) is 0 Å². The van der Waals surface area contributed by atoms with E-state index >= 15 is 0 Å². The van der Waals surface area contributed by atoms with Crippen molar-refractivity contribution in [3.63, 3.8) is 0 Å². The number of sulfonamides is 1. The monoisotopic (exact) mass is 574 g/mol. The Balaban J connectivity index is 0.00000533. The highest BCUT2D eigenvalue weighted by Gasteiger charge is 2.21. The van der Waals surface area contributed by atoms with E-state index < -0.39 is 22.0 Å². The lowest BCUT2D eigenvalue weighted by Gasteiger charge is -2.16. The molecule has 0 radical (unpaired) electrons. The van der Waals surface area contributed by atoms with Gasteiger partial charge in [0.05, 0.1) is 23.5 Å². The molecule has 3 aromatic rings. The highest BCUT2D eigenvalue weighted by atomic mass is 35.5. The number of aliphatic hydroxyl groups is 1. The van der Waals surface area contributed by atoms with Gasteiger partial charge in [-0.15, -0.1) is 12.4 Å². The molecule has 1 atom stereocenters. The number of hydrogen-bond acceptors (Lipinski definition) is 6. The average Bonchev–Trinajstić information content (AvgIpc) is 2.86. The predicted molar refractivity (Wildman–Crippen MR) is 159 cm³/mol. The number of amides is 1. The zero-order chi connectivity index (χ0) is 27.7. The van der Waals surface area contributed by atoms with Gasteiger partial charge in [-0.3, -0.25) is 4.79 Å². The van der Waals surface area contributed by atoms with E-state index in [1.54, 1.807) is 32.0 Å². The summed E-state index contributed by atoms with van der Waals surface area (Å²) in [4.78, 5) is 12.8. The summed E-state index contributed by atoms with van der Waals surface area (Å²) in [6, 6.07) is 22.9. The molecular weight excluding hydrogens is 536 g/mol. The third-order valence-electron chi connectivity index (χ3n) is 5.79. The van der Waals surface area contributed by atoms with Crippen LogP contribution in [0, 0.1) is 5.92 Å². The maximum absolute atomic E-state index is 12.8. The molecule has 0 aliphatic rings. The van der Waals surface area contributed by atoms with Gasteiger partial charge in [-0.2, -0.15) is 0 Å². The number of nitrogens with one attached hydrogen (secondary N) is 2. The van der Waals surface area contributed by atoms with Crippen molar-refractivity contribution in [2.45, 2.75) is 46.3 Å². The molecule has 0 saturated carbocycles. The second-order valence-corrected chi connectivity index (χ2v) is 11.8. The Morgan fingerprint density at radius 3 is 2.18 bits per heavy atom. The second kappa shape index (κ2) is 15.0. The Bertz CT molecular complexity index is 1300. The molecular formula is C30H39ClN2O5S. The van der Waals surface area contributed by atoms with Crippen LogP contribution in [0.5, 0.6) is 5.75 Å². The Morgan fingerprint density at radius 2 is 1.56 bits per heavy atom. The molecule has 0 spiro atoms. The zero-order valence-corrected chi connectivity index (χ0v) is 24.5. The van der Waals surface area contributed by atoms with E-state index in [0.717, 1.165) is 35.2 Å². The first-order valence-electron chi connectivity index (χ1n) is 12.9. The van der Waals surface area contributed by atoms with Gasteiger partial charge < -0.3 is 15.2 Å². The summed E-state index contributed by atoms with van der Waals surface area (Å²) in [6.45, 7) is 8.49. The average molecular weight is 575 g/mol. The highest BCUT2D eigenvalue weighted by molar-refractivity contribution is 7.90. The largest absolute Gasteiger partial charge is 0.490 e. The summed E-state index contributed by atoms with van der Waals surface area (Å²) in [5.41, 5.74) is 4.04. The molecule has 9 heteroatoms. The van der Waals surface area contributed by atoms with Gasteiger partial charge in [0.2, 0.25) is 10.0 Å². The van der Waals surface area contributed by atoms with Gasteiger partial charge in [-0.05, 0) is 67.1 Å². The SMILES string of the molecule is CC(C)CS(=O)(=O)NC(=O)c1ccc(-c2ccc(CCNC[C@H](O)c3ccccc3)cc2)cc1OC(C)C.Cl. The van der Waals surface area contributed by atoms with Gasteiger partial charge in [-0.1, -0.05) is 74.5 Å². The highest BCUT2D eigenvalue weighted by Crippen LogP contribution is 2.29. The van der Waals surface area contributed by atoms with E-state index in [9.17, 15) is 18.3 Å².